The highest BCUT2D eigenvalue weighted by Crippen LogP contribution is 2.38. The summed E-state index contributed by atoms with van der Waals surface area (Å²) < 4.78 is 30.4. The van der Waals surface area contributed by atoms with Crippen LogP contribution in [0.2, 0.25) is 0 Å². The van der Waals surface area contributed by atoms with Crippen LogP contribution in [0.5, 0.6) is 0 Å². The van der Waals surface area contributed by atoms with E-state index in [9.17, 15) is 19.0 Å². The molecule has 0 aliphatic heterocycles. The molecule has 0 aromatic carbocycles. The van der Waals surface area contributed by atoms with Crippen molar-refractivity contribution in [2.45, 2.75) is 354 Å². The Labute approximate surface area is 503 Å². The van der Waals surface area contributed by atoms with Gasteiger partial charge in [-0.25, -0.2) is 0 Å². The molecular weight excluding hydrogens is 1020 g/mol. The van der Waals surface area contributed by atoms with Gasteiger partial charge in [0.05, 0.1) is 33.8 Å². The molecule has 0 fully saturated rings. The van der Waals surface area contributed by atoms with Gasteiger partial charge in [-0.15, -0.1) is 0 Å². The average Bonchev–Trinajstić information content (AvgIpc) is 3.44. The number of hydrogen-bond acceptors (Lipinski definition) is 7. The zero-order valence-electron chi connectivity index (χ0n) is 54.5. The molecule has 3 unspecified atom stereocenters. The number of likely N-dealkylation sites (N-methyl/N-ethyl adjacent to an activating group) is 1. The maximum Gasteiger partial charge on any atom is 0.306 e. The van der Waals surface area contributed by atoms with E-state index in [0.29, 0.717) is 23.9 Å². The summed E-state index contributed by atoms with van der Waals surface area (Å²) >= 11 is 0. The van der Waals surface area contributed by atoms with E-state index in [0.717, 1.165) is 77.0 Å². The topological polar surface area (TPSA) is 114 Å². The number of hydrogen-bond donors (Lipinski definition) is 1. The molecule has 0 heterocycles. The van der Waals surface area contributed by atoms with E-state index in [2.05, 4.69) is 62.5 Å². The van der Waals surface area contributed by atoms with Gasteiger partial charge in [-0.05, 0) is 70.3 Å². The van der Waals surface area contributed by atoms with Crippen molar-refractivity contribution < 1.29 is 37.3 Å². The Hall–Kier alpha value is -2.03. The Balaban J connectivity index is 4.98. The van der Waals surface area contributed by atoms with Gasteiger partial charge >= 0.3 is 5.97 Å². The monoisotopic (exact) mass is 1160 g/mol. The zero-order valence-corrected chi connectivity index (χ0v) is 55.4. The number of phosphoric acid groups is 1. The van der Waals surface area contributed by atoms with E-state index in [1.54, 1.807) is 0 Å². The lowest BCUT2D eigenvalue weighted by Crippen LogP contribution is -2.47. The first-order chi connectivity index (χ1) is 39.4. The molecule has 0 aliphatic carbocycles. The van der Waals surface area contributed by atoms with E-state index in [1.807, 2.05) is 33.3 Å². The molecule has 0 radical (unpaired) electrons. The zero-order chi connectivity index (χ0) is 59.3. The van der Waals surface area contributed by atoms with Crippen LogP contribution in [0.4, 0.5) is 0 Å². The van der Waals surface area contributed by atoms with Gasteiger partial charge < -0.3 is 28.5 Å². The standard InChI is InChI=1S/C71H135N2O7P/c1-7-10-13-16-19-22-25-27-29-31-32-33-34-35-36-37-38-39-40-42-44-46-49-52-55-58-61-64-71(75)80-69(62-59-56-53-50-47-24-21-18-15-12-9-3)68(67-79-81(76,77)78-66-65-73(4,5)6)72-70(74)63-60-57-54-51-48-45-43-41-30-28-26-23-20-17-14-11-8-2/h20,23,28,30,43,45,59,62,68-69H,7-19,21-22,24-27,29,31-42,44,46-58,60-61,63-67H2,1-6H3,(H-,72,74,76,77)/b23-20-,30-28-,45-43-,62-59-. The fraction of sp³-hybridized carbons (Fsp3) is 0.859. The number of quaternary nitrogens is 1. The van der Waals surface area contributed by atoms with Gasteiger partial charge in [-0.3, -0.25) is 14.2 Å². The van der Waals surface area contributed by atoms with Crippen LogP contribution < -0.4 is 10.2 Å². The fourth-order valence-electron chi connectivity index (χ4n) is 10.4. The molecular formula is C71H135N2O7P. The van der Waals surface area contributed by atoms with Crippen molar-refractivity contribution in [3.05, 3.63) is 48.6 Å². The first kappa shape index (κ1) is 79.0. The van der Waals surface area contributed by atoms with Crippen LogP contribution in [0.25, 0.3) is 0 Å². The number of phosphoric ester groups is 1. The van der Waals surface area contributed by atoms with Gasteiger partial charge in [0.25, 0.3) is 7.82 Å². The summed E-state index contributed by atoms with van der Waals surface area (Å²) in [6.45, 7) is 6.84. The molecule has 0 saturated carbocycles. The fourth-order valence-corrected chi connectivity index (χ4v) is 11.1. The first-order valence-electron chi connectivity index (χ1n) is 34.9. The van der Waals surface area contributed by atoms with Crippen LogP contribution in [-0.4, -0.2) is 69.4 Å². The highest BCUT2D eigenvalue weighted by molar-refractivity contribution is 7.45. The van der Waals surface area contributed by atoms with Crippen molar-refractivity contribution in [2.24, 2.45) is 0 Å². The van der Waals surface area contributed by atoms with Gasteiger partial charge in [-0.1, -0.05) is 307 Å². The van der Waals surface area contributed by atoms with Crippen LogP contribution in [0.15, 0.2) is 48.6 Å². The number of ether oxygens (including phenoxy) is 1. The number of nitrogens with zero attached hydrogens (tertiary/aromatic N) is 1. The van der Waals surface area contributed by atoms with Crippen molar-refractivity contribution in [1.82, 2.24) is 5.32 Å². The summed E-state index contributed by atoms with van der Waals surface area (Å²) in [4.78, 5) is 40.1. The lowest BCUT2D eigenvalue weighted by molar-refractivity contribution is -0.870. The summed E-state index contributed by atoms with van der Waals surface area (Å²) in [7, 11) is 1.18. The van der Waals surface area contributed by atoms with Crippen LogP contribution in [0, 0.1) is 0 Å². The molecule has 81 heavy (non-hydrogen) atoms. The molecule has 0 spiro atoms. The minimum Gasteiger partial charge on any atom is -0.756 e. The minimum atomic E-state index is -4.71. The van der Waals surface area contributed by atoms with Gasteiger partial charge in [0, 0.05) is 12.8 Å². The van der Waals surface area contributed by atoms with Crippen molar-refractivity contribution >= 4 is 19.7 Å². The van der Waals surface area contributed by atoms with E-state index < -0.39 is 26.6 Å². The SMILES string of the molecule is CCCCC/C=C\C/C=C\C/C=C\CCCCCCC(=O)NC(COP(=O)([O-])OCC[N+](C)(C)C)C(/C=C\CCCCCCCCCCC)OC(=O)CCCCCCCCCCCCCCCCCCCCCCCCCCCCC. The number of esters is 1. The Morgan fingerprint density at radius 1 is 0.432 bits per heavy atom. The summed E-state index contributed by atoms with van der Waals surface area (Å²) in [5, 5.41) is 3.02. The third-order valence-corrected chi connectivity index (χ3v) is 16.7. The molecule has 0 saturated heterocycles. The summed E-state index contributed by atoms with van der Waals surface area (Å²) in [5.74, 6) is -0.553. The third-order valence-electron chi connectivity index (χ3n) is 15.8. The highest BCUT2D eigenvalue weighted by Gasteiger charge is 2.27. The van der Waals surface area contributed by atoms with Gasteiger partial charge in [0.2, 0.25) is 5.91 Å². The largest absolute Gasteiger partial charge is 0.756 e. The van der Waals surface area contributed by atoms with Gasteiger partial charge in [-0.2, -0.15) is 0 Å². The van der Waals surface area contributed by atoms with E-state index in [1.165, 1.54) is 225 Å². The molecule has 0 aliphatic rings. The molecule has 0 bridgehead atoms. The molecule has 1 amide bonds. The normalized spacial score (nSPS) is 13.8. The van der Waals surface area contributed by atoms with Crippen LogP contribution in [0.3, 0.4) is 0 Å². The van der Waals surface area contributed by atoms with Crippen LogP contribution in [0.1, 0.15) is 342 Å². The predicted octanol–water partition coefficient (Wildman–Crippen LogP) is 21.4. The van der Waals surface area contributed by atoms with Gasteiger partial charge in [0.1, 0.15) is 19.3 Å². The van der Waals surface area contributed by atoms with Crippen LogP contribution in [-0.2, 0) is 27.9 Å². The lowest BCUT2D eigenvalue weighted by atomic mass is 10.0. The maximum atomic E-state index is 13.5. The predicted molar refractivity (Wildman–Crippen MR) is 349 cm³/mol. The second-order valence-electron chi connectivity index (χ2n) is 25.0. The number of amides is 1. The summed E-state index contributed by atoms with van der Waals surface area (Å²) in [6, 6.07) is -0.898. The second kappa shape index (κ2) is 61.1. The molecule has 0 aromatic heterocycles. The maximum absolute atomic E-state index is 13.5. The molecule has 1 N–H and O–H groups in total. The van der Waals surface area contributed by atoms with E-state index >= 15 is 0 Å². The number of carbonyl (C=O) groups excluding carboxylic acids is 2. The Kier molecular flexibility index (Phi) is 59.5. The van der Waals surface area contributed by atoms with E-state index in [-0.39, 0.29) is 24.9 Å². The molecule has 3 atom stereocenters. The van der Waals surface area contributed by atoms with Crippen molar-refractivity contribution in [3.8, 4) is 0 Å². The molecule has 9 nitrogen and oxygen atoms in total. The van der Waals surface area contributed by atoms with Crippen LogP contribution >= 0.6 is 7.82 Å². The summed E-state index contributed by atoms with van der Waals surface area (Å²) in [5.41, 5.74) is 0. The average molecular weight is 1160 g/mol. The van der Waals surface area contributed by atoms with Gasteiger partial charge in [0.15, 0.2) is 0 Å². The minimum absolute atomic E-state index is 0.0258. The Bertz CT molecular complexity index is 1520. The Morgan fingerprint density at radius 2 is 0.753 bits per heavy atom. The van der Waals surface area contributed by atoms with Crippen molar-refractivity contribution in [2.75, 3.05) is 40.9 Å². The number of allylic oxidation sites excluding steroid dienone is 7. The lowest BCUT2D eigenvalue weighted by Gasteiger charge is -2.30. The third kappa shape index (κ3) is 62.3. The molecule has 0 aromatic rings. The molecule has 476 valence electrons. The van der Waals surface area contributed by atoms with Crippen molar-refractivity contribution in [1.29, 1.82) is 0 Å². The number of carbonyl (C=O) groups is 2. The van der Waals surface area contributed by atoms with E-state index in [4.69, 9.17) is 13.8 Å². The molecule has 10 heteroatoms. The summed E-state index contributed by atoms with van der Waals surface area (Å²) in [6.07, 6.45) is 76.8. The quantitative estimate of drug-likeness (QED) is 0.0212. The molecule has 0 rings (SSSR count). The highest BCUT2D eigenvalue weighted by atomic mass is 31.2. The number of nitrogens with one attached hydrogen (secondary N) is 1. The smallest absolute Gasteiger partial charge is 0.306 e. The number of rotatable bonds is 64. The van der Waals surface area contributed by atoms with Crippen molar-refractivity contribution in [3.63, 3.8) is 0 Å². The Morgan fingerprint density at radius 3 is 1.15 bits per heavy atom. The number of unbranched alkanes of at least 4 members (excludes halogenated alkanes) is 42. The second-order valence-corrected chi connectivity index (χ2v) is 26.5. The first-order valence-corrected chi connectivity index (χ1v) is 36.4.